The van der Waals surface area contributed by atoms with E-state index < -0.39 is 5.79 Å². The molecule has 0 rings (SSSR count). The lowest BCUT2D eigenvalue weighted by atomic mass is 9.85. The SMILES string of the molecule is CCCCCC(CCCC)C(O)(O)CCCC. The van der Waals surface area contributed by atoms with E-state index in [1.165, 1.54) is 12.8 Å². The van der Waals surface area contributed by atoms with E-state index in [4.69, 9.17) is 0 Å². The lowest BCUT2D eigenvalue weighted by Crippen LogP contribution is -2.37. The molecule has 0 amide bonds. The second-order valence-electron chi connectivity index (χ2n) is 5.32. The number of unbranched alkanes of at least 4 members (excludes halogenated alkanes) is 4. The van der Waals surface area contributed by atoms with Crippen molar-refractivity contribution in [2.75, 3.05) is 0 Å². The summed E-state index contributed by atoms with van der Waals surface area (Å²) in [6.07, 6.45) is 10.1. The molecule has 0 heterocycles. The third kappa shape index (κ3) is 7.77. The summed E-state index contributed by atoms with van der Waals surface area (Å²) in [4.78, 5) is 0. The summed E-state index contributed by atoms with van der Waals surface area (Å²) in [5, 5.41) is 20.4. The molecule has 0 radical (unpaired) electrons. The van der Waals surface area contributed by atoms with E-state index >= 15 is 0 Å². The highest BCUT2D eigenvalue weighted by atomic mass is 16.5. The van der Waals surface area contributed by atoms with Gasteiger partial charge in [-0.2, -0.15) is 0 Å². The molecule has 2 heteroatoms. The summed E-state index contributed by atoms with van der Waals surface area (Å²) in [6.45, 7) is 6.43. The molecule has 0 aromatic carbocycles. The van der Waals surface area contributed by atoms with E-state index in [2.05, 4.69) is 20.8 Å². The lowest BCUT2D eigenvalue weighted by Gasteiger charge is -2.31. The predicted octanol–water partition coefficient (Wildman–Crippen LogP) is 4.24. The first-order valence-electron chi connectivity index (χ1n) is 7.53. The van der Waals surface area contributed by atoms with Crippen LogP contribution in [0.3, 0.4) is 0 Å². The van der Waals surface area contributed by atoms with E-state index in [9.17, 15) is 10.2 Å². The summed E-state index contributed by atoms with van der Waals surface area (Å²) in [5.74, 6) is -1.36. The van der Waals surface area contributed by atoms with E-state index in [0.717, 1.165) is 44.9 Å². The van der Waals surface area contributed by atoms with Gasteiger partial charge in [-0.05, 0) is 19.3 Å². The van der Waals surface area contributed by atoms with Crippen LogP contribution >= 0.6 is 0 Å². The quantitative estimate of drug-likeness (QED) is 0.421. The topological polar surface area (TPSA) is 40.5 Å². The molecule has 0 aliphatic carbocycles. The standard InChI is InChI=1S/C15H32O2/c1-4-7-10-12-14(11-8-5-2)15(16,17)13-9-6-3/h14,16-17H,4-13H2,1-3H3. The second-order valence-corrected chi connectivity index (χ2v) is 5.32. The van der Waals surface area contributed by atoms with E-state index in [-0.39, 0.29) is 5.92 Å². The largest absolute Gasteiger partial charge is 0.365 e. The Balaban J connectivity index is 4.20. The zero-order valence-electron chi connectivity index (χ0n) is 12.0. The molecule has 1 unspecified atom stereocenters. The maximum absolute atomic E-state index is 10.2. The molecule has 2 nitrogen and oxygen atoms in total. The third-order valence-corrected chi connectivity index (χ3v) is 3.61. The molecule has 0 aliphatic rings. The maximum Gasteiger partial charge on any atom is 0.165 e. The van der Waals surface area contributed by atoms with Gasteiger partial charge in [-0.3, -0.25) is 0 Å². The van der Waals surface area contributed by atoms with Crippen LogP contribution in [0.5, 0.6) is 0 Å². The summed E-state index contributed by atoms with van der Waals surface area (Å²) < 4.78 is 0. The average Bonchev–Trinajstić information content (AvgIpc) is 2.31. The lowest BCUT2D eigenvalue weighted by molar-refractivity contribution is -0.209. The van der Waals surface area contributed by atoms with Crippen molar-refractivity contribution in [2.24, 2.45) is 5.92 Å². The van der Waals surface area contributed by atoms with Gasteiger partial charge in [0.05, 0.1) is 0 Å². The van der Waals surface area contributed by atoms with Crippen molar-refractivity contribution < 1.29 is 10.2 Å². The Kier molecular flexibility index (Phi) is 9.85. The van der Waals surface area contributed by atoms with E-state index in [1.807, 2.05) is 0 Å². The fourth-order valence-electron chi connectivity index (χ4n) is 2.34. The van der Waals surface area contributed by atoms with Crippen molar-refractivity contribution in [1.82, 2.24) is 0 Å². The summed E-state index contributed by atoms with van der Waals surface area (Å²) >= 11 is 0. The molecule has 0 aliphatic heterocycles. The van der Waals surface area contributed by atoms with Gasteiger partial charge in [-0.1, -0.05) is 59.3 Å². The first-order chi connectivity index (χ1) is 8.08. The molecule has 0 aromatic heterocycles. The molecule has 0 saturated carbocycles. The Hall–Kier alpha value is -0.0800. The molecule has 0 spiro atoms. The van der Waals surface area contributed by atoms with Gasteiger partial charge in [0.15, 0.2) is 5.79 Å². The molecule has 0 bridgehead atoms. The Morgan fingerprint density at radius 1 is 0.765 bits per heavy atom. The van der Waals surface area contributed by atoms with Crippen LogP contribution in [0.25, 0.3) is 0 Å². The first-order valence-corrected chi connectivity index (χ1v) is 7.53. The molecule has 104 valence electrons. The van der Waals surface area contributed by atoms with Gasteiger partial charge in [-0.15, -0.1) is 0 Å². The van der Waals surface area contributed by atoms with Crippen molar-refractivity contribution >= 4 is 0 Å². The second kappa shape index (κ2) is 9.90. The Bertz CT molecular complexity index is 166. The fraction of sp³-hybridized carbons (Fsp3) is 1.00. The highest BCUT2D eigenvalue weighted by Crippen LogP contribution is 2.30. The van der Waals surface area contributed by atoms with Crippen molar-refractivity contribution in [3.63, 3.8) is 0 Å². The highest BCUT2D eigenvalue weighted by molar-refractivity contribution is 4.76. The van der Waals surface area contributed by atoms with Crippen LogP contribution in [0.1, 0.15) is 85.0 Å². The van der Waals surface area contributed by atoms with Crippen LogP contribution < -0.4 is 0 Å². The number of hydrogen-bond donors (Lipinski definition) is 2. The van der Waals surface area contributed by atoms with Gasteiger partial charge < -0.3 is 10.2 Å². The molecule has 1 atom stereocenters. The summed E-state index contributed by atoms with van der Waals surface area (Å²) in [7, 11) is 0. The molecule has 0 aromatic rings. The van der Waals surface area contributed by atoms with Crippen LogP contribution in [-0.4, -0.2) is 16.0 Å². The molecular weight excluding hydrogens is 212 g/mol. The minimum absolute atomic E-state index is 0.0700. The van der Waals surface area contributed by atoms with Crippen LogP contribution in [0, 0.1) is 5.92 Å². The smallest absolute Gasteiger partial charge is 0.165 e. The van der Waals surface area contributed by atoms with Gasteiger partial charge in [0, 0.05) is 12.3 Å². The molecular formula is C15H32O2. The number of hydrogen-bond acceptors (Lipinski definition) is 2. The van der Waals surface area contributed by atoms with Crippen molar-refractivity contribution in [2.45, 2.75) is 90.8 Å². The molecule has 2 N–H and O–H groups in total. The molecule has 17 heavy (non-hydrogen) atoms. The Labute approximate surface area is 107 Å². The van der Waals surface area contributed by atoms with Crippen LogP contribution in [0.4, 0.5) is 0 Å². The monoisotopic (exact) mass is 244 g/mol. The highest BCUT2D eigenvalue weighted by Gasteiger charge is 2.32. The van der Waals surface area contributed by atoms with E-state index in [0.29, 0.717) is 6.42 Å². The normalized spacial score (nSPS) is 13.9. The Morgan fingerprint density at radius 2 is 1.29 bits per heavy atom. The molecule has 0 fully saturated rings. The van der Waals surface area contributed by atoms with Gasteiger partial charge in [0.2, 0.25) is 0 Å². The first kappa shape index (κ1) is 16.9. The maximum atomic E-state index is 10.2. The van der Waals surface area contributed by atoms with Crippen LogP contribution in [-0.2, 0) is 0 Å². The minimum atomic E-state index is -1.43. The summed E-state index contributed by atoms with van der Waals surface area (Å²) in [6, 6.07) is 0. The van der Waals surface area contributed by atoms with Crippen molar-refractivity contribution in [1.29, 1.82) is 0 Å². The zero-order valence-corrected chi connectivity index (χ0v) is 12.0. The number of rotatable bonds is 11. The summed E-state index contributed by atoms with van der Waals surface area (Å²) in [5.41, 5.74) is 0. The fourth-order valence-corrected chi connectivity index (χ4v) is 2.34. The molecule has 0 saturated heterocycles. The van der Waals surface area contributed by atoms with Gasteiger partial charge in [0.1, 0.15) is 0 Å². The van der Waals surface area contributed by atoms with Crippen LogP contribution in [0.15, 0.2) is 0 Å². The van der Waals surface area contributed by atoms with Crippen molar-refractivity contribution in [3.8, 4) is 0 Å². The van der Waals surface area contributed by atoms with Gasteiger partial charge >= 0.3 is 0 Å². The van der Waals surface area contributed by atoms with Crippen LogP contribution in [0.2, 0.25) is 0 Å². The van der Waals surface area contributed by atoms with E-state index in [1.54, 1.807) is 0 Å². The third-order valence-electron chi connectivity index (χ3n) is 3.61. The average molecular weight is 244 g/mol. The minimum Gasteiger partial charge on any atom is -0.365 e. The van der Waals surface area contributed by atoms with Gasteiger partial charge in [0.25, 0.3) is 0 Å². The predicted molar refractivity (Wildman–Crippen MR) is 73.9 cm³/mol. The Morgan fingerprint density at radius 3 is 1.82 bits per heavy atom. The zero-order chi connectivity index (χ0) is 13.1. The van der Waals surface area contributed by atoms with Crippen molar-refractivity contribution in [3.05, 3.63) is 0 Å². The van der Waals surface area contributed by atoms with Gasteiger partial charge in [-0.25, -0.2) is 0 Å². The number of aliphatic hydroxyl groups is 2.